The van der Waals surface area contributed by atoms with Gasteiger partial charge in [0.15, 0.2) is 24.1 Å². The van der Waals surface area contributed by atoms with Crippen molar-refractivity contribution in [1.29, 1.82) is 0 Å². The van der Waals surface area contributed by atoms with Crippen LogP contribution < -0.4 is 0 Å². The highest BCUT2D eigenvalue weighted by Crippen LogP contribution is 2.39. The molecule has 0 saturated carbocycles. The van der Waals surface area contributed by atoms with Gasteiger partial charge in [-0.05, 0) is 36.4 Å². The van der Waals surface area contributed by atoms with Crippen LogP contribution in [-0.2, 0) is 23.7 Å². The molecule has 0 aromatic heterocycles. The van der Waals surface area contributed by atoms with E-state index in [1.807, 2.05) is 0 Å². The second-order valence-electron chi connectivity index (χ2n) is 8.24. The third kappa shape index (κ3) is 4.66. The van der Waals surface area contributed by atoms with Gasteiger partial charge in [0.05, 0.1) is 29.9 Å². The van der Waals surface area contributed by atoms with E-state index in [1.54, 1.807) is 91.0 Å². The minimum atomic E-state index is -1.52. The number of carbonyl (C=O) groups excluding carboxylic acids is 3. The van der Waals surface area contributed by atoms with Crippen molar-refractivity contribution in [2.24, 2.45) is 0 Å². The molecule has 0 spiro atoms. The number of fused-ring (bicyclic) bond motifs is 3. The molecule has 8 heteroatoms. The second-order valence-corrected chi connectivity index (χ2v) is 8.24. The van der Waals surface area contributed by atoms with E-state index in [4.69, 9.17) is 23.7 Å². The van der Waals surface area contributed by atoms with Crippen LogP contribution in [-0.4, -0.2) is 55.2 Å². The summed E-state index contributed by atoms with van der Waals surface area (Å²) in [4.78, 5) is 38.8. The lowest BCUT2D eigenvalue weighted by Crippen LogP contribution is -2.72. The van der Waals surface area contributed by atoms with Gasteiger partial charge in [0.25, 0.3) is 0 Å². The lowest BCUT2D eigenvalue weighted by Gasteiger charge is -2.52. The van der Waals surface area contributed by atoms with E-state index in [0.29, 0.717) is 16.7 Å². The summed E-state index contributed by atoms with van der Waals surface area (Å²) in [7, 11) is 0. The van der Waals surface area contributed by atoms with Crippen molar-refractivity contribution in [3.63, 3.8) is 0 Å². The zero-order chi connectivity index (χ0) is 24.3. The molecule has 3 heterocycles. The first kappa shape index (κ1) is 22.8. The predicted molar refractivity (Wildman–Crippen MR) is 122 cm³/mol. The summed E-state index contributed by atoms with van der Waals surface area (Å²) in [6.07, 6.45) is -3.32. The monoisotopic (exact) mass is 474 g/mol. The number of benzene rings is 3. The van der Waals surface area contributed by atoms with Crippen LogP contribution in [0.15, 0.2) is 91.0 Å². The summed E-state index contributed by atoms with van der Waals surface area (Å²) in [5.74, 6) is -1.95. The minimum absolute atomic E-state index is 0.0949. The second kappa shape index (κ2) is 9.69. The van der Waals surface area contributed by atoms with Gasteiger partial charge in [-0.15, -0.1) is 0 Å². The van der Waals surface area contributed by atoms with Gasteiger partial charge in [-0.3, -0.25) is 0 Å². The van der Waals surface area contributed by atoms with Crippen molar-refractivity contribution in [3.05, 3.63) is 108 Å². The molecule has 178 valence electrons. The average molecular weight is 474 g/mol. The van der Waals surface area contributed by atoms with Crippen LogP contribution in [0.3, 0.4) is 0 Å². The van der Waals surface area contributed by atoms with Crippen LogP contribution in [0.5, 0.6) is 0 Å². The van der Waals surface area contributed by atoms with E-state index in [-0.39, 0.29) is 13.2 Å². The van der Waals surface area contributed by atoms with E-state index in [9.17, 15) is 14.4 Å². The lowest BCUT2D eigenvalue weighted by molar-refractivity contribution is -0.357. The summed E-state index contributed by atoms with van der Waals surface area (Å²) in [5.41, 5.74) is -0.611. The molecule has 8 nitrogen and oxygen atoms in total. The number of ether oxygens (including phenoxy) is 5. The van der Waals surface area contributed by atoms with E-state index < -0.39 is 42.0 Å². The van der Waals surface area contributed by atoms with Crippen molar-refractivity contribution in [2.75, 3.05) is 13.2 Å². The molecule has 0 N–H and O–H groups in total. The summed E-state index contributed by atoms with van der Waals surface area (Å²) < 4.78 is 28.9. The van der Waals surface area contributed by atoms with Crippen molar-refractivity contribution in [1.82, 2.24) is 0 Å². The number of esters is 3. The third-order valence-corrected chi connectivity index (χ3v) is 5.87. The molecule has 0 radical (unpaired) electrons. The first-order valence-corrected chi connectivity index (χ1v) is 11.1. The Balaban J connectivity index is 1.46. The van der Waals surface area contributed by atoms with Crippen LogP contribution in [0.25, 0.3) is 0 Å². The smallest absolute Gasteiger partial charge is 0.338 e. The van der Waals surface area contributed by atoms with Crippen molar-refractivity contribution in [3.8, 4) is 0 Å². The first-order valence-electron chi connectivity index (χ1n) is 11.1. The van der Waals surface area contributed by atoms with Crippen molar-refractivity contribution < 1.29 is 38.1 Å². The Labute approximate surface area is 201 Å². The summed E-state index contributed by atoms with van der Waals surface area (Å²) in [6, 6.07) is 25.1. The predicted octanol–water partition coefficient (Wildman–Crippen LogP) is 3.42. The Morgan fingerprint density at radius 3 is 1.54 bits per heavy atom. The van der Waals surface area contributed by atoms with Crippen molar-refractivity contribution >= 4 is 17.9 Å². The largest absolute Gasteiger partial charge is 0.450 e. The normalized spacial score (nSPS) is 24.9. The molecule has 0 aliphatic carbocycles. The van der Waals surface area contributed by atoms with E-state index in [1.165, 1.54) is 0 Å². The van der Waals surface area contributed by atoms with E-state index >= 15 is 0 Å². The van der Waals surface area contributed by atoms with Crippen LogP contribution in [0.2, 0.25) is 0 Å². The molecule has 35 heavy (non-hydrogen) atoms. The maximum absolute atomic E-state index is 13.0. The zero-order valence-corrected chi connectivity index (χ0v) is 18.6. The Kier molecular flexibility index (Phi) is 6.31. The minimum Gasteiger partial charge on any atom is -0.450 e. The molecule has 0 amide bonds. The molecule has 3 aliphatic heterocycles. The molecule has 0 unspecified atom stereocenters. The molecule has 6 rings (SSSR count). The molecule has 2 atom stereocenters. The van der Waals surface area contributed by atoms with Crippen LogP contribution >= 0.6 is 0 Å². The fourth-order valence-corrected chi connectivity index (χ4v) is 4.08. The van der Waals surface area contributed by atoms with Gasteiger partial charge in [-0.1, -0.05) is 54.6 Å². The number of rotatable bonds is 6. The molecular weight excluding hydrogens is 452 g/mol. The van der Waals surface area contributed by atoms with Crippen LogP contribution in [0.4, 0.5) is 0 Å². The van der Waals surface area contributed by atoms with Gasteiger partial charge < -0.3 is 23.7 Å². The number of carbonyl (C=O) groups is 3. The van der Waals surface area contributed by atoms with Gasteiger partial charge in [-0.2, -0.15) is 0 Å². The average Bonchev–Trinajstić information content (AvgIpc) is 2.92. The molecule has 3 aliphatic rings. The molecular formula is C27H22O8. The van der Waals surface area contributed by atoms with E-state index in [2.05, 4.69) is 0 Å². The van der Waals surface area contributed by atoms with Crippen LogP contribution in [0, 0.1) is 0 Å². The van der Waals surface area contributed by atoms with Gasteiger partial charge in [0, 0.05) is 0 Å². The van der Waals surface area contributed by atoms with Gasteiger partial charge in [-0.25, -0.2) is 14.4 Å². The molecule has 3 aromatic carbocycles. The van der Waals surface area contributed by atoms with Gasteiger partial charge in [0.2, 0.25) is 0 Å². The van der Waals surface area contributed by atoms with Gasteiger partial charge >= 0.3 is 17.9 Å². The Morgan fingerprint density at radius 1 is 0.629 bits per heavy atom. The maximum atomic E-state index is 13.0. The maximum Gasteiger partial charge on any atom is 0.338 e. The van der Waals surface area contributed by atoms with Gasteiger partial charge in [0.1, 0.15) is 0 Å². The lowest BCUT2D eigenvalue weighted by atomic mass is 9.87. The molecule has 3 fully saturated rings. The highest BCUT2D eigenvalue weighted by molar-refractivity contribution is 5.91. The van der Waals surface area contributed by atoms with E-state index in [0.717, 1.165) is 0 Å². The number of hydrogen-bond donors (Lipinski definition) is 0. The fourth-order valence-electron chi connectivity index (χ4n) is 4.08. The molecule has 2 bridgehead atoms. The summed E-state index contributed by atoms with van der Waals surface area (Å²) in [5, 5.41) is 0. The molecule has 3 aromatic rings. The Hall–Kier alpha value is -4.01. The fraction of sp³-hybridized carbons (Fsp3) is 0.222. The first-order chi connectivity index (χ1) is 17.1. The highest BCUT2D eigenvalue weighted by atomic mass is 16.8. The van der Waals surface area contributed by atoms with Crippen LogP contribution in [0.1, 0.15) is 31.1 Å². The molecule has 3 saturated heterocycles. The number of hydrogen-bond acceptors (Lipinski definition) is 8. The SMILES string of the molecule is O=C(O[C@@H]1[C@@H](OC(=O)c2ccccc2)C2OCC1(OC(=O)c1ccccc1)CO2)c1ccccc1. The Bertz CT molecular complexity index is 1190. The zero-order valence-electron chi connectivity index (χ0n) is 18.6. The quantitative estimate of drug-likeness (QED) is 0.396. The van der Waals surface area contributed by atoms with Crippen molar-refractivity contribution in [2.45, 2.75) is 24.1 Å². The highest BCUT2D eigenvalue weighted by Gasteiger charge is 2.62. The standard InChI is InChI=1S/C27H22O8/c28-23(18-10-4-1-5-11-18)33-21-22(34-24(29)19-12-6-2-7-13-19)27(16-31-26(21)32-17-27)35-25(30)20-14-8-3-9-15-20/h1-15,21-22,26H,16-17H2/t21-,22-,26?,27?/m1/s1. The third-order valence-electron chi connectivity index (χ3n) is 5.87. The summed E-state index contributed by atoms with van der Waals surface area (Å²) >= 11 is 0. The Morgan fingerprint density at radius 2 is 1.06 bits per heavy atom. The topological polar surface area (TPSA) is 97.4 Å². The summed E-state index contributed by atoms with van der Waals surface area (Å²) in [6.45, 7) is -0.190.